The van der Waals surface area contributed by atoms with Crippen molar-refractivity contribution in [1.82, 2.24) is 4.90 Å². The van der Waals surface area contributed by atoms with Crippen LogP contribution in [0.4, 0.5) is 11.4 Å². The van der Waals surface area contributed by atoms with E-state index in [0.717, 1.165) is 11.4 Å². The minimum absolute atomic E-state index is 0.00454. The third-order valence-electron chi connectivity index (χ3n) is 4.88. The summed E-state index contributed by atoms with van der Waals surface area (Å²) in [4.78, 5) is 27.2. The lowest BCUT2D eigenvalue weighted by Crippen LogP contribution is -2.48. The molecule has 1 amide bonds. The molecule has 0 bridgehead atoms. The van der Waals surface area contributed by atoms with E-state index in [1.165, 1.54) is 12.1 Å². The van der Waals surface area contributed by atoms with Gasteiger partial charge in [-0.3, -0.25) is 14.9 Å². The first-order valence-electron chi connectivity index (χ1n) is 9.06. The van der Waals surface area contributed by atoms with E-state index < -0.39 is 4.92 Å². The van der Waals surface area contributed by atoms with Gasteiger partial charge in [-0.15, -0.1) is 0 Å². The number of furan rings is 1. The number of nitro groups is 1. The molecule has 1 aliphatic rings. The van der Waals surface area contributed by atoms with E-state index >= 15 is 0 Å². The van der Waals surface area contributed by atoms with Gasteiger partial charge in [0.15, 0.2) is 0 Å². The summed E-state index contributed by atoms with van der Waals surface area (Å²) in [5.74, 6) is 1.46. The molecular formula is C20H25N3O4. The molecule has 0 spiro atoms. The molecule has 0 saturated carbocycles. The van der Waals surface area contributed by atoms with Crippen molar-refractivity contribution >= 4 is 17.3 Å². The van der Waals surface area contributed by atoms with Crippen LogP contribution in [0, 0.1) is 17.0 Å². The van der Waals surface area contributed by atoms with Gasteiger partial charge in [0.25, 0.3) is 11.6 Å². The van der Waals surface area contributed by atoms with Crippen LogP contribution < -0.4 is 4.90 Å². The van der Waals surface area contributed by atoms with Gasteiger partial charge in [-0.2, -0.15) is 0 Å². The van der Waals surface area contributed by atoms with Crippen LogP contribution in [0.2, 0.25) is 0 Å². The van der Waals surface area contributed by atoms with E-state index in [1.54, 1.807) is 12.1 Å². The van der Waals surface area contributed by atoms with Gasteiger partial charge in [-0.05, 0) is 25.1 Å². The third kappa shape index (κ3) is 3.97. The molecule has 3 rings (SSSR count). The number of nitro benzene ring substituents is 1. The van der Waals surface area contributed by atoms with Crippen molar-refractivity contribution in [1.29, 1.82) is 0 Å². The molecular weight excluding hydrogens is 346 g/mol. The van der Waals surface area contributed by atoms with Crippen LogP contribution in [0.15, 0.2) is 34.7 Å². The van der Waals surface area contributed by atoms with Gasteiger partial charge >= 0.3 is 0 Å². The molecule has 1 saturated heterocycles. The van der Waals surface area contributed by atoms with Crippen molar-refractivity contribution in [2.45, 2.75) is 33.1 Å². The molecule has 2 heterocycles. The average Bonchev–Trinajstić information content (AvgIpc) is 3.03. The smallest absolute Gasteiger partial charge is 0.269 e. The fraction of sp³-hybridized carbons (Fsp3) is 0.450. The zero-order chi connectivity index (χ0) is 19.8. The number of benzene rings is 1. The number of non-ortho nitro benzene ring substituents is 1. The molecule has 1 aromatic carbocycles. The molecule has 0 atom stereocenters. The molecule has 27 heavy (non-hydrogen) atoms. The van der Waals surface area contributed by atoms with Crippen LogP contribution in [0.3, 0.4) is 0 Å². The summed E-state index contributed by atoms with van der Waals surface area (Å²) in [6, 6.07) is 8.39. The Kier molecular flexibility index (Phi) is 4.95. The number of amides is 1. The van der Waals surface area contributed by atoms with Crippen molar-refractivity contribution in [3.8, 4) is 0 Å². The normalized spacial score (nSPS) is 15.1. The van der Waals surface area contributed by atoms with Crippen molar-refractivity contribution in [2.75, 3.05) is 31.1 Å². The van der Waals surface area contributed by atoms with Gasteiger partial charge in [0.1, 0.15) is 11.5 Å². The second kappa shape index (κ2) is 7.06. The lowest BCUT2D eigenvalue weighted by Gasteiger charge is -2.36. The van der Waals surface area contributed by atoms with Gasteiger partial charge < -0.3 is 14.2 Å². The summed E-state index contributed by atoms with van der Waals surface area (Å²) in [5.41, 5.74) is 1.50. The number of hydrogen-bond acceptors (Lipinski definition) is 5. The Bertz CT molecular complexity index is 841. The second-order valence-corrected chi connectivity index (χ2v) is 7.88. The van der Waals surface area contributed by atoms with E-state index in [0.29, 0.717) is 37.5 Å². The Morgan fingerprint density at radius 1 is 1.11 bits per heavy atom. The number of nitrogens with zero attached hydrogens (tertiary/aromatic N) is 3. The number of carbonyl (C=O) groups excluding carboxylic acids is 1. The predicted octanol–water partition coefficient (Wildman–Crippen LogP) is 3.76. The molecule has 1 aliphatic heterocycles. The van der Waals surface area contributed by atoms with Crippen LogP contribution in [0.1, 0.15) is 42.6 Å². The van der Waals surface area contributed by atoms with Crippen molar-refractivity contribution in [3.05, 3.63) is 57.5 Å². The molecule has 0 N–H and O–H groups in total. The Labute approximate surface area is 158 Å². The molecule has 7 nitrogen and oxygen atoms in total. The Morgan fingerprint density at radius 2 is 1.70 bits per heavy atom. The Hall–Kier alpha value is -2.83. The summed E-state index contributed by atoms with van der Waals surface area (Å²) in [6.45, 7) is 10.6. The lowest BCUT2D eigenvalue weighted by molar-refractivity contribution is -0.384. The van der Waals surface area contributed by atoms with Crippen molar-refractivity contribution < 1.29 is 14.1 Å². The molecule has 0 radical (unpaired) electrons. The summed E-state index contributed by atoms with van der Waals surface area (Å²) in [6.07, 6.45) is 0. The topological polar surface area (TPSA) is 79.8 Å². The minimum atomic E-state index is -0.403. The fourth-order valence-electron chi connectivity index (χ4n) is 3.19. The van der Waals surface area contributed by atoms with E-state index in [4.69, 9.17) is 4.42 Å². The largest absolute Gasteiger partial charge is 0.465 e. The van der Waals surface area contributed by atoms with Gasteiger partial charge in [-0.25, -0.2) is 0 Å². The maximum atomic E-state index is 12.9. The highest BCUT2D eigenvalue weighted by Crippen LogP contribution is 2.28. The first-order chi connectivity index (χ1) is 12.7. The van der Waals surface area contributed by atoms with Crippen molar-refractivity contribution in [2.24, 2.45) is 0 Å². The quantitative estimate of drug-likeness (QED) is 0.606. The zero-order valence-corrected chi connectivity index (χ0v) is 16.2. The SMILES string of the molecule is Cc1oc(C(C)(C)C)cc1C(=O)N1CCN(c2ccc([N+](=O)[O-])cc2)CC1. The van der Waals surface area contributed by atoms with Crippen LogP contribution in [-0.2, 0) is 5.41 Å². The minimum Gasteiger partial charge on any atom is -0.465 e. The zero-order valence-electron chi connectivity index (χ0n) is 16.2. The van der Waals surface area contributed by atoms with Gasteiger partial charge in [-0.1, -0.05) is 20.8 Å². The standard InChI is InChI=1S/C20H25N3O4/c1-14-17(13-18(27-14)20(2,3)4)19(24)22-11-9-21(10-12-22)15-5-7-16(8-6-15)23(25)26/h5-8,13H,9-12H2,1-4H3. The lowest BCUT2D eigenvalue weighted by atomic mass is 9.93. The second-order valence-electron chi connectivity index (χ2n) is 7.88. The van der Waals surface area contributed by atoms with Gasteiger partial charge in [0, 0.05) is 49.4 Å². The van der Waals surface area contributed by atoms with Crippen LogP contribution in [-0.4, -0.2) is 41.9 Å². The first kappa shape index (κ1) is 18.9. The highest BCUT2D eigenvalue weighted by atomic mass is 16.6. The fourth-order valence-corrected chi connectivity index (χ4v) is 3.19. The summed E-state index contributed by atoms with van der Waals surface area (Å²) in [5, 5.41) is 10.8. The van der Waals surface area contributed by atoms with Crippen LogP contribution in [0.5, 0.6) is 0 Å². The molecule has 2 aromatic rings. The van der Waals surface area contributed by atoms with Crippen LogP contribution in [0.25, 0.3) is 0 Å². The molecule has 0 unspecified atom stereocenters. The summed E-state index contributed by atoms with van der Waals surface area (Å²) < 4.78 is 5.80. The molecule has 7 heteroatoms. The number of aryl methyl sites for hydroxylation is 1. The molecule has 0 aliphatic carbocycles. The number of anilines is 1. The number of rotatable bonds is 3. The van der Waals surface area contributed by atoms with Crippen LogP contribution >= 0.6 is 0 Å². The number of piperazine rings is 1. The highest BCUT2D eigenvalue weighted by molar-refractivity contribution is 5.95. The third-order valence-corrected chi connectivity index (χ3v) is 4.88. The number of hydrogen-bond donors (Lipinski definition) is 0. The maximum absolute atomic E-state index is 12.9. The molecule has 144 valence electrons. The predicted molar refractivity (Wildman–Crippen MR) is 103 cm³/mol. The Balaban J connectivity index is 1.66. The summed E-state index contributed by atoms with van der Waals surface area (Å²) >= 11 is 0. The van der Waals surface area contributed by atoms with E-state index in [2.05, 4.69) is 25.7 Å². The van der Waals surface area contributed by atoms with E-state index in [1.807, 2.05) is 17.9 Å². The Morgan fingerprint density at radius 3 is 2.19 bits per heavy atom. The summed E-state index contributed by atoms with van der Waals surface area (Å²) in [7, 11) is 0. The molecule has 1 fully saturated rings. The maximum Gasteiger partial charge on any atom is 0.269 e. The highest BCUT2D eigenvalue weighted by Gasteiger charge is 2.28. The van der Waals surface area contributed by atoms with E-state index in [9.17, 15) is 14.9 Å². The monoisotopic (exact) mass is 371 g/mol. The first-order valence-corrected chi connectivity index (χ1v) is 9.06. The average molecular weight is 371 g/mol. The van der Waals surface area contributed by atoms with Gasteiger partial charge in [0.2, 0.25) is 0 Å². The number of carbonyl (C=O) groups is 1. The van der Waals surface area contributed by atoms with E-state index in [-0.39, 0.29) is 17.0 Å². The van der Waals surface area contributed by atoms with Crippen molar-refractivity contribution in [3.63, 3.8) is 0 Å². The molecule has 1 aromatic heterocycles. The van der Waals surface area contributed by atoms with Gasteiger partial charge in [0.05, 0.1) is 10.5 Å².